The molecule has 1 aliphatic heterocycles. The molecule has 1 saturated heterocycles. The summed E-state index contributed by atoms with van der Waals surface area (Å²) in [4.78, 5) is 15.5. The van der Waals surface area contributed by atoms with Crippen LogP contribution in [0.15, 0.2) is 47.0 Å². The molecule has 1 aliphatic rings. The topological polar surface area (TPSA) is 101 Å². The summed E-state index contributed by atoms with van der Waals surface area (Å²) in [5.74, 6) is 0.797. The Hall–Kier alpha value is -3.19. The van der Waals surface area contributed by atoms with Gasteiger partial charge in [0.1, 0.15) is 11.3 Å². The minimum Gasteiger partial charge on any atom is -0.424 e. The third kappa shape index (κ3) is 2.53. The van der Waals surface area contributed by atoms with Crippen molar-refractivity contribution in [2.75, 3.05) is 23.7 Å². The van der Waals surface area contributed by atoms with E-state index in [4.69, 9.17) is 15.1 Å². The first-order valence-corrected chi connectivity index (χ1v) is 8.52. The third-order valence-corrected chi connectivity index (χ3v) is 4.75. The van der Waals surface area contributed by atoms with Crippen LogP contribution in [0.5, 0.6) is 0 Å². The van der Waals surface area contributed by atoms with Crippen LogP contribution < -0.4 is 10.6 Å². The molecule has 4 aromatic rings. The first-order valence-electron chi connectivity index (χ1n) is 8.52. The first-order chi connectivity index (χ1) is 12.7. The van der Waals surface area contributed by atoms with Gasteiger partial charge in [-0.2, -0.15) is 4.98 Å². The number of aliphatic hydroxyl groups excluding tert-OH is 1. The Bertz CT molecular complexity index is 1120. The Kier molecular flexibility index (Phi) is 3.29. The Balaban J connectivity index is 1.56. The maximum atomic E-state index is 9.74. The number of benzene rings is 2. The number of hydrogen-bond acceptors (Lipinski definition) is 7. The van der Waals surface area contributed by atoms with Crippen molar-refractivity contribution in [3.05, 3.63) is 42.6 Å². The number of rotatable bonds is 2. The highest BCUT2D eigenvalue weighted by Gasteiger charge is 2.21. The number of aliphatic hydroxyl groups is 1. The SMILES string of the molecule is Nc1nc2cc(-c3ccc4ncc(N5CCC(O)C5)nc4c3)ccc2o1. The van der Waals surface area contributed by atoms with Crippen LogP contribution in [-0.2, 0) is 0 Å². The largest absolute Gasteiger partial charge is 0.424 e. The van der Waals surface area contributed by atoms with Crippen LogP contribution in [0, 0.1) is 0 Å². The molecule has 1 fully saturated rings. The van der Waals surface area contributed by atoms with Gasteiger partial charge in [0.2, 0.25) is 0 Å². The summed E-state index contributed by atoms with van der Waals surface area (Å²) < 4.78 is 5.33. The van der Waals surface area contributed by atoms with Gasteiger partial charge in [-0.15, -0.1) is 0 Å². The van der Waals surface area contributed by atoms with Crippen molar-refractivity contribution in [2.24, 2.45) is 0 Å². The van der Waals surface area contributed by atoms with Crippen LogP contribution in [0.25, 0.3) is 33.3 Å². The summed E-state index contributed by atoms with van der Waals surface area (Å²) in [6.07, 6.45) is 2.24. The molecule has 0 spiro atoms. The molecule has 26 heavy (non-hydrogen) atoms. The Morgan fingerprint density at radius 3 is 2.65 bits per heavy atom. The second-order valence-corrected chi connectivity index (χ2v) is 6.55. The lowest BCUT2D eigenvalue weighted by molar-refractivity contribution is 0.198. The zero-order valence-electron chi connectivity index (χ0n) is 14.0. The predicted molar refractivity (Wildman–Crippen MR) is 99.8 cm³/mol. The van der Waals surface area contributed by atoms with Gasteiger partial charge in [-0.25, -0.2) is 4.98 Å². The van der Waals surface area contributed by atoms with E-state index in [1.165, 1.54) is 0 Å². The zero-order valence-corrected chi connectivity index (χ0v) is 14.0. The Morgan fingerprint density at radius 2 is 1.85 bits per heavy atom. The van der Waals surface area contributed by atoms with Gasteiger partial charge in [0, 0.05) is 13.1 Å². The summed E-state index contributed by atoms with van der Waals surface area (Å²) in [5, 5.41) is 9.74. The molecular formula is C19H17N5O2. The lowest BCUT2D eigenvalue weighted by atomic mass is 10.0. The van der Waals surface area contributed by atoms with E-state index < -0.39 is 0 Å². The van der Waals surface area contributed by atoms with E-state index in [0.717, 1.165) is 46.5 Å². The zero-order chi connectivity index (χ0) is 17.7. The molecule has 5 rings (SSSR count). The van der Waals surface area contributed by atoms with Crippen molar-refractivity contribution in [1.82, 2.24) is 15.0 Å². The highest BCUT2D eigenvalue weighted by molar-refractivity contribution is 5.86. The number of nitrogens with two attached hydrogens (primary N) is 1. The minimum atomic E-state index is -0.291. The summed E-state index contributed by atoms with van der Waals surface area (Å²) in [6, 6.07) is 11.9. The van der Waals surface area contributed by atoms with E-state index in [0.29, 0.717) is 12.1 Å². The lowest BCUT2D eigenvalue weighted by Crippen LogP contribution is -2.22. The van der Waals surface area contributed by atoms with Crippen LogP contribution >= 0.6 is 0 Å². The van der Waals surface area contributed by atoms with E-state index in [-0.39, 0.29) is 12.1 Å². The highest BCUT2D eigenvalue weighted by Crippen LogP contribution is 2.28. The maximum absolute atomic E-state index is 9.74. The van der Waals surface area contributed by atoms with E-state index in [1.54, 1.807) is 6.20 Å². The number of nitrogens with zero attached hydrogens (tertiary/aromatic N) is 4. The molecular weight excluding hydrogens is 330 g/mol. The molecule has 1 unspecified atom stereocenters. The molecule has 7 nitrogen and oxygen atoms in total. The fourth-order valence-electron chi connectivity index (χ4n) is 3.41. The molecule has 130 valence electrons. The van der Waals surface area contributed by atoms with Gasteiger partial charge in [-0.3, -0.25) is 4.98 Å². The summed E-state index contributed by atoms with van der Waals surface area (Å²) in [6.45, 7) is 1.40. The summed E-state index contributed by atoms with van der Waals surface area (Å²) in [5.41, 5.74) is 10.7. The van der Waals surface area contributed by atoms with Gasteiger partial charge in [-0.05, 0) is 41.8 Å². The fraction of sp³-hybridized carbons (Fsp3) is 0.211. The van der Waals surface area contributed by atoms with Crippen molar-refractivity contribution in [3.63, 3.8) is 0 Å². The van der Waals surface area contributed by atoms with Gasteiger partial charge in [0.25, 0.3) is 6.01 Å². The Morgan fingerprint density at radius 1 is 1.04 bits per heavy atom. The molecule has 0 amide bonds. The van der Waals surface area contributed by atoms with E-state index >= 15 is 0 Å². The molecule has 0 saturated carbocycles. The molecule has 2 aromatic carbocycles. The van der Waals surface area contributed by atoms with Gasteiger partial charge >= 0.3 is 0 Å². The molecule has 2 aromatic heterocycles. The molecule has 1 atom stereocenters. The molecule has 3 heterocycles. The average molecular weight is 347 g/mol. The smallest absolute Gasteiger partial charge is 0.292 e. The number of aromatic nitrogens is 3. The molecule has 0 aliphatic carbocycles. The molecule has 0 radical (unpaired) electrons. The second kappa shape index (κ2) is 5.67. The van der Waals surface area contributed by atoms with Crippen LogP contribution in [0.1, 0.15) is 6.42 Å². The van der Waals surface area contributed by atoms with E-state index in [2.05, 4.69) is 14.9 Å². The van der Waals surface area contributed by atoms with E-state index in [9.17, 15) is 5.11 Å². The Labute approximate surface area is 149 Å². The fourth-order valence-corrected chi connectivity index (χ4v) is 3.41. The van der Waals surface area contributed by atoms with Gasteiger partial charge in [0.05, 0.1) is 23.3 Å². The quantitative estimate of drug-likeness (QED) is 0.574. The number of hydrogen-bond donors (Lipinski definition) is 2. The third-order valence-electron chi connectivity index (χ3n) is 4.75. The summed E-state index contributed by atoms with van der Waals surface area (Å²) in [7, 11) is 0. The standard InChI is InChI=1S/C19H17N5O2/c20-19-23-16-8-12(2-4-17(16)26-19)11-1-3-14-15(7-11)22-18(9-21-14)24-6-5-13(25)10-24/h1-4,7-9,13,25H,5-6,10H2,(H2,20,23). The number of β-amino-alcohol motifs (C(OH)–C–C–N with tert-alkyl or cyclic N) is 1. The molecule has 3 N–H and O–H groups in total. The highest BCUT2D eigenvalue weighted by atomic mass is 16.4. The van der Waals surface area contributed by atoms with E-state index in [1.807, 2.05) is 36.4 Å². The lowest BCUT2D eigenvalue weighted by Gasteiger charge is -2.16. The van der Waals surface area contributed by atoms with Crippen LogP contribution in [0.3, 0.4) is 0 Å². The number of fused-ring (bicyclic) bond motifs is 2. The van der Waals surface area contributed by atoms with Crippen LogP contribution in [-0.4, -0.2) is 39.3 Å². The van der Waals surface area contributed by atoms with Crippen molar-refractivity contribution in [3.8, 4) is 11.1 Å². The maximum Gasteiger partial charge on any atom is 0.292 e. The minimum absolute atomic E-state index is 0.166. The molecule has 0 bridgehead atoms. The van der Waals surface area contributed by atoms with Gasteiger partial charge in [-0.1, -0.05) is 12.1 Å². The number of nitrogen functional groups attached to an aromatic ring is 1. The van der Waals surface area contributed by atoms with Crippen molar-refractivity contribution in [1.29, 1.82) is 0 Å². The summed E-state index contributed by atoms with van der Waals surface area (Å²) >= 11 is 0. The number of anilines is 2. The van der Waals surface area contributed by atoms with Gasteiger partial charge < -0.3 is 20.2 Å². The monoisotopic (exact) mass is 347 g/mol. The van der Waals surface area contributed by atoms with Crippen molar-refractivity contribution >= 4 is 34.0 Å². The first kappa shape index (κ1) is 15.1. The van der Waals surface area contributed by atoms with Crippen molar-refractivity contribution < 1.29 is 9.52 Å². The van der Waals surface area contributed by atoms with Crippen LogP contribution in [0.4, 0.5) is 11.8 Å². The van der Waals surface area contributed by atoms with Gasteiger partial charge in [0.15, 0.2) is 5.58 Å². The number of oxazole rings is 1. The second-order valence-electron chi connectivity index (χ2n) is 6.55. The normalized spacial score (nSPS) is 17.4. The van der Waals surface area contributed by atoms with Crippen LogP contribution in [0.2, 0.25) is 0 Å². The average Bonchev–Trinajstić information content (AvgIpc) is 3.24. The van der Waals surface area contributed by atoms with Crippen molar-refractivity contribution in [2.45, 2.75) is 12.5 Å². The predicted octanol–water partition coefficient (Wildman–Crippen LogP) is 2.59. The molecule has 7 heteroatoms.